The first-order chi connectivity index (χ1) is 14.9. The highest BCUT2D eigenvalue weighted by atomic mass is 35.5. The summed E-state index contributed by atoms with van der Waals surface area (Å²) in [5.74, 6) is 0.467. The fraction of sp³-hybridized carbons (Fsp3) is 0.364. The third-order valence-electron chi connectivity index (χ3n) is 5.30. The summed E-state index contributed by atoms with van der Waals surface area (Å²) in [7, 11) is -3.63. The lowest BCUT2D eigenvalue weighted by atomic mass is 10.2. The maximum Gasteiger partial charge on any atom is 0.264 e. The molecule has 6 nitrogen and oxygen atoms in total. The van der Waals surface area contributed by atoms with Crippen molar-refractivity contribution < 1.29 is 13.2 Å². The molecule has 0 unspecified atom stereocenters. The van der Waals surface area contributed by atoms with E-state index in [4.69, 9.17) is 11.6 Å². The van der Waals surface area contributed by atoms with Gasteiger partial charge in [0.15, 0.2) is 5.17 Å². The van der Waals surface area contributed by atoms with Crippen LogP contribution in [0.25, 0.3) is 0 Å². The fourth-order valence-electron chi connectivity index (χ4n) is 3.66. The van der Waals surface area contributed by atoms with E-state index in [1.165, 1.54) is 27.0 Å². The van der Waals surface area contributed by atoms with E-state index in [2.05, 4.69) is 4.99 Å². The smallest absolute Gasteiger partial charge is 0.264 e. The predicted molar refractivity (Wildman–Crippen MR) is 127 cm³/mol. The number of nitrogens with zero attached hydrogens (tertiary/aromatic N) is 3. The zero-order valence-corrected chi connectivity index (χ0v) is 19.6. The van der Waals surface area contributed by atoms with Crippen LogP contribution in [-0.2, 0) is 10.0 Å². The Labute approximate surface area is 192 Å². The molecule has 2 heterocycles. The second-order valence-corrected chi connectivity index (χ2v) is 11.0. The van der Waals surface area contributed by atoms with Gasteiger partial charge in [0, 0.05) is 29.4 Å². The Bertz CT molecular complexity index is 1100. The van der Waals surface area contributed by atoms with Crippen molar-refractivity contribution in [2.24, 2.45) is 4.99 Å². The zero-order chi connectivity index (χ0) is 22.0. The van der Waals surface area contributed by atoms with Gasteiger partial charge in [-0.1, -0.05) is 35.9 Å². The number of piperidine rings is 1. The molecule has 31 heavy (non-hydrogen) atoms. The molecule has 0 aromatic heterocycles. The number of amidine groups is 1. The van der Waals surface area contributed by atoms with Crippen LogP contribution in [0.5, 0.6) is 0 Å². The van der Waals surface area contributed by atoms with Crippen LogP contribution >= 0.6 is 23.4 Å². The Morgan fingerprint density at radius 3 is 2.48 bits per heavy atom. The average Bonchev–Trinajstić information content (AvgIpc) is 3.21. The molecule has 2 aliphatic rings. The molecule has 0 aliphatic carbocycles. The molecular formula is C22H24ClN3O3S2. The van der Waals surface area contributed by atoms with Crippen LogP contribution in [-0.4, -0.2) is 48.7 Å². The minimum Gasteiger partial charge on any atom is -0.268 e. The van der Waals surface area contributed by atoms with Gasteiger partial charge in [-0.15, -0.1) is 0 Å². The van der Waals surface area contributed by atoms with Crippen LogP contribution in [0.15, 0.2) is 58.4 Å². The van der Waals surface area contributed by atoms with Crippen LogP contribution in [0.3, 0.4) is 0 Å². The van der Waals surface area contributed by atoms with Gasteiger partial charge in [-0.3, -0.25) is 14.7 Å². The minimum absolute atomic E-state index is 0.105. The zero-order valence-electron chi connectivity index (χ0n) is 17.2. The molecule has 1 atom stereocenters. The number of hydrogen-bond acceptors (Lipinski definition) is 5. The molecule has 0 radical (unpaired) electrons. The molecular weight excluding hydrogens is 454 g/mol. The van der Waals surface area contributed by atoms with Crippen LogP contribution in [0.4, 0.5) is 5.69 Å². The topological polar surface area (TPSA) is 70.1 Å². The van der Waals surface area contributed by atoms with Crippen molar-refractivity contribution >= 4 is 50.1 Å². The van der Waals surface area contributed by atoms with E-state index < -0.39 is 10.0 Å². The summed E-state index contributed by atoms with van der Waals surface area (Å²) < 4.78 is 27.7. The van der Waals surface area contributed by atoms with Crippen LogP contribution in [0.1, 0.15) is 36.5 Å². The summed E-state index contributed by atoms with van der Waals surface area (Å²) in [6.07, 6.45) is 2.76. The molecule has 2 aliphatic heterocycles. The molecule has 0 saturated carbocycles. The Morgan fingerprint density at radius 1 is 1.13 bits per heavy atom. The van der Waals surface area contributed by atoms with Crippen molar-refractivity contribution in [3.05, 3.63) is 59.1 Å². The first-order valence-electron chi connectivity index (χ1n) is 10.3. The van der Waals surface area contributed by atoms with Crippen LogP contribution in [0.2, 0.25) is 5.02 Å². The van der Waals surface area contributed by atoms with E-state index in [1.54, 1.807) is 42.5 Å². The monoisotopic (exact) mass is 477 g/mol. The van der Waals surface area contributed by atoms with Crippen molar-refractivity contribution in [2.45, 2.75) is 37.1 Å². The highest BCUT2D eigenvalue weighted by molar-refractivity contribution is 8.14. The van der Waals surface area contributed by atoms with E-state index in [0.29, 0.717) is 34.5 Å². The summed E-state index contributed by atoms with van der Waals surface area (Å²) in [6.45, 7) is 3.03. The molecule has 1 fully saturated rings. The number of halogens is 1. The van der Waals surface area contributed by atoms with E-state index in [0.717, 1.165) is 25.0 Å². The van der Waals surface area contributed by atoms with Crippen molar-refractivity contribution in [3.63, 3.8) is 0 Å². The number of amides is 1. The SMILES string of the molecule is C[C@H]1CSC(N(C(=O)c2cccc(S(=O)(=O)N3CCCCC3)c2)c2ccc(Cl)cc2)=N1. The predicted octanol–water partition coefficient (Wildman–Crippen LogP) is 4.65. The first-order valence-corrected chi connectivity index (χ1v) is 13.1. The summed E-state index contributed by atoms with van der Waals surface area (Å²) in [5.41, 5.74) is 0.940. The Hall–Kier alpha value is -1.87. The first kappa shape index (κ1) is 22.3. The van der Waals surface area contributed by atoms with Crippen molar-refractivity contribution in [1.29, 1.82) is 0 Å². The number of anilines is 1. The van der Waals surface area contributed by atoms with E-state index in [-0.39, 0.29) is 16.8 Å². The Balaban J connectivity index is 1.70. The largest absolute Gasteiger partial charge is 0.268 e. The number of carbonyl (C=O) groups is 1. The fourth-order valence-corrected chi connectivity index (χ4v) is 6.38. The molecule has 0 bridgehead atoms. The Kier molecular flexibility index (Phi) is 6.71. The average molecular weight is 478 g/mol. The van der Waals surface area contributed by atoms with E-state index >= 15 is 0 Å². The highest BCUT2D eigenvalue weighted by Gasteiger charge is 2.30. The van der Waals surface area contributed by atoms with E-state index in [1.807, 2.05) is 6.92 Å². The summed E-state index contributed by atoms with van der Waals surface area (Å²) in [6, 6.07) is 13.4. The second-order valence-electron chi connectivity index (χ2n) is 7.68. The third-order valence-corrected chi connectivity index (χ3v) is 8.64. The van der Waals surface area contributed by atoms with Gasteiger partial charge in [0.1, 0.15) is 0 Å². The molecule has 2 aromatic rings. The van der Waals surface area contributed by atoms with Gasteiger partial charge >= 0.3 is 0 Å². The molecule has 0 spiro atoms. The summed E-state index contributed by atoms with van der Waals surface area (Å²) in [4.78, 5) is 19.9. The van der Waals surface area contributed by atoms with Gasteiger partial charge in [0.05, 0.1) is 16.6 Å². The van der Waals surface area contributed by atoms with Gasteiger partial charge in [-0.2, -0.15) is 4.31 Å². The van der Waals surface area contributed by atoms with Gasteiger partial charge < -0.3 is 0 Å². The van der Waals surface area contributed by atoms with Gasteiger partial charge in [-0.05, 0) is 62.2 Å². The molecule has 0 N–H and O–H groups in total. The molecule has 1 saturated heterocycles. The van der Waals surface area contributed by atoms with Crippen LogP contribution < -0.4 is 4.90 Å². The maximum atomic E-state index is 13.6. The van der Waals surface area contributed by atoms with Gasteiger partial charge in [0.25, 0.3) is 5.91 Å². The number of hydrogen-bond donors (Lipinski definition) is 0. The Morgan fingerprint density at radius 2 is 1.84 bits per heavy atom. The second kappa shape index (κ2) is 9.32. The number of benzene rings is 2. The maximum absolute atomic E-state index is 13.6. The standard InChI is InChI=1S/C22H24ClN3O3S2/c1-16-15-30-22(24-16)26(19-10-8-18(23)9-11-19)21(27)17-6-5-7-20(14-17)31(28,29)25-12-3-2-4-13-25/h5-11,14,16H,2-4,12-13,15H2,1H3/t16-/m0/s1. The molecule has 164 valence electrons. The highest BCUT2D eigenvalue weighted by Crippen LogP contribution is 2.29. The molecule has 9 heteroatoms. The normalized spacial score (nSPS) is 19.8. The lowest BCUT2D eigenvalue weighted by molar-refractivity contribution is 0.100. The number of carbonyl (C=O) groups excluding carboxylic acids is 1. The molecule has 2 aromatic carbocycles. The summed E-state index contributed by atoms with van der Waals surface area (Å²) in [5, 5.41) is 1.17. The number of sulfonamides is 1. The third kappa shape index (κ3) is 4.82. The molecule has 1 amide bonds. The lowest BCUT2D eigenvalue weighted by Crippen LogP contribution is -2.36. The quantitative estimate of drug-likeness (QED) is 0.642. The van der Waals surface area contributed by atoms with E-state index in [9.17, 15) is 13.2 Å². The van der Waals surface area contributed by atoms with Crippen molar-refractivity contribution in [1.82, 2.24) is 4.31 Å². The van der Waals surface area contributed by atoms with Gasteiger partial charge in [-0.25, -0.2) is 8.42 Å². The number of rotatable bonds is 4. The van der Waals surface area contributed by atoms with Gasteiger partial charge in [0.2, 0.25) is 10.0 Å². The summed E-state index contributed by atoms with van der Waals surface area (Å²) >= 11 is 7.54. The minimum atomic E-state index is -3.63. The van der Waals surface area contributed by atoms with Crippen molar-refractivity contribution in [2.75, 3.05) is 23.7 Å². The van der Waals surface area contributed by atoms with Crippen LogP contribution in [0, 0.1) is 0 Å². The number of aliphatic imine (C=N–C) groups is 1. The number of thioether (sulfide) groups is 1. The van der Waals surface area contributed by atoms with Crippen molar-refractivity contribution in [3.8, 4) is 0 Å². The lowest BCUT2D eigenvalue weighted by Gasteiger charge is -2.26. The molecule has 4 rings (SSSR count).